The van der Waals surface area contributed by atoms with Crippen LogP contribution in [0, 0.1) is 0 Å². The monoisotopic (exact) mass is 778 g/mol. The highest BCUT2D eigenvalue weighted by Gasteiger charge is 2.28. The SMILES string of the molecule is CC/C=C\C/C=C\C/C=C\C/C=C\C/C=C\C/C=C\CCCCCCCCC(=O)NC(COP(=O)(O)OCC[N+](C)(C)C)C(O)CCCCCCCCC. The lowest BCUT2D eigenvalue weighted by Crippen LogP contribution is -2.46. The molecule has 0 heterocycles. The molecule has 0 saturated heterocycles. The van der Waals surface area contributed by atoms with E-state index in [4.69, 9.17) is 9.05 Å². The predicted octanol–water partition coefficient (Wildman–Crippen LogP) is 11.6. The largest absolute Gasteiger partial charge is 0.472 e. The van der Waals surface area contributed by atoms with Gasteiger partial charge in [0.2, 0.25) is 5.91 Å². The summed E-state index contributed by atoms with van der Waals surface area (Å²) in [4.78, 5) is 23.0. The Morgan fingerprint density at radius 1 is 0.648 bits per heavy atom. The van der Waals surface area contributed by atoms with Crippen molar-refractivity contribution in [2.45, 2.75) is 167 Å². The van der Waals surface area contributed by atoms with Crippen molar-refractivity contribution in [3.63, 3.8) is 0 Å². The summed E-state index contributed by atoms with van der Waals surface area (Å²) >= 11 is 0. The van der Waals surface area contributed by atoms with Crippen molar-refractivity contribution in [2.75, 3.05) is 40.9 Å². The Morgan fingerprint density at radius 3 is 1.63 bits per heavy atom. The highest BCUT2D eigenvalue weighted by molar-refractivity contribution is 7.47. The molecule has 0 radical (unpaired) electrons. The van der Waals surface area contributed by atoms with E-state index < -0.39 is 20.0 Å². The van der Waals surface area contributed by atoms with Crippen LogP contribution in [0.5, 0.6) is 0 Å². The van der Waals surface area contributed by atoms with Crippen molar-refractivity contribution >= 4 is 13.7 Å². The van der Waals surface area contributed by atoms with E-state index in [1.165, 1.54) is 38.5 Å². The first kappa shape index (κ1) is 51.9. The number of hydrogen-bond donors (Lipinski definition) is 3. The molecule has 0 aliphatic heterocycles. The van der Waals surface area contributed by atoms with E-state index in [9.17, 15) is 19.4 Å². The Morgan fingerprint density at radius 2 is 1.11 bits per heavy atom. The van der Waals surface area contributed by atoms with Crippen molar-refractivity contribution in [3.8, 4) is 0 Å². The number of aliphatic hydroxyl groups excluding tert-OH is 1. The number of hydrogen-bond acceptors (Lipinski definition) is 5. The molecule has 0 fully saturated rings. The smallest absolute Gasteiger partial charge is 0.391 e. The molecule has 0 aliphatic rings. The maximum Gasteiger partial charge on any atom is 0.472 e. The molecule has 1 amide bonds. The first-order valence-electron chi connectivity index (χ1n) is 21.3. The maximum atomic E-state index is 12.8. The third-order valence-electron chi connectivity index (χ3n) is 8.97. The summed E-state index contributed by atoms with van der Waals surface area (Å²) in [7, 11) is 1.59. The second-order valence-electron chi connectivity index (χ2n) is 15.3. The van der Waals surface area contributed by atoms with Crippen molar-refractivity contribution in [3.05, 3.63) is 72.9 Å². The Hall–Kier alpha value is -2.06. The van der Waals surface area contributed by atoms with Gasteiger partial charge in [-0.25, -0.2) is 4.57 Å². The highest BCUT2D eigenvalue weighted by atomic mass is 31.2. The Bertz CT molecular complexity index is 1110. The zero-order valence-corrected chi connectivity index (χ0v) is 36.1. The van der Waals surface area contributed by atoms with Crippen LogP contribution >= 0.6 is 7.82 Å². The molecule has 3 atom stereocenters. The molecule has 312 valence electrons. The second-order valence-corrected chi connectivity index (χ2v) is 16.8. The lowest BCUT2D eigenvalue weighted by Gasteiger charge is -2.26. The van der Waals surface area contributed by atoms with E-state index in [0.29, 0.717) is 23.9 Å². The van der Waals surface area contributed by atoms with Crippen molar-refractivity contribution in [1.29, 1.82) is 0 Å². The molecule has 3 unspecified atom stereocenters. The molecule has 0 rings (SSSR count). The molecule has 0 saturated carbocycles. The van der Waals surface area contributed by atoms with E-state index >= 15 is 0 Å². The van der Waals surface area contributed by atoms with Gasteiger partial charge in [-0.2, -0.15) is 0 Å². The van der Waals surface area contributed by atoms with Crippen LogP contribution in [0.4, 0.5) is 0 Å². The molecule has 3 N–H and O–H groups in total. The molecular weight excluding hydrogens is 695 g/mol. The number of nitrogens with one attached hydrogen (secondary N) is 1. The number of carbonyl (C=O) groups is 1. The summed E-state index contributed by atoms with van der Waals surface area (Å²) < 4.78 is 23.5. The average molecular weight is 778 g/mol. The predicted molar refractivity (Wildman–Crippen MR) is 230 cm³/mol. The number of quaternary nitrogens is 1. The number of amides is 1. The number of nitrogens with zero attached hydrogens (tertiary/aromatic N) is 1. The van der Waals surface area contributed by atoms with Gasteiger partial charge in [-0.15, -0.1) is 0 Å². The first-order valence-corrected chi connectivity index (χ1v) is 22.8. The second kappa shape index (κ2) is 36.6. The number of likely N-dealkylation sites (N-methyl/N-ethyl adjacent to an activating group) is 1. The van der Waals surface area contributed by atoms with Crippen molar-refractivity contribution in [1.82, 2.24) is 5.32 Å². The zero-order chi connectivity index (χ0) is 40.0. The quantitative estimate of drug-likeness (QED) is 0.0251. The van der Waals surface area contributed by atoms with Gasteiger partial charge in [0.1, 0.15) is 13.2 Å². The van der Waals surface area contributed by atoms with Crippen LogP contribution in [0.3, 0.4) is 0 Å². The lowest BCUT2D eigenvalue weighted by atomic mass is 10.0. The molecule has 0 bridgehead atoms. The molecule has 0 aromatic carbocycles. The first-order chi connectivity index (χ1) is 26.0. The van der Waals surface area contributed by atoms with E-state index in [0.717, 1.165) is 89.9 Å². The fraction of sp³-hybridized carbons (Fsp3) is 0.711. The number of unbranched alkanes of at least 4 members (excludes halogenated alkanes) is 12. The molecule has 0 aliphatic carbocycles. The Kier molecular flexibility index (Phi) is 35.2. The van der Waals surface area contributed by atoms with Gasteiger partial charge in [-0.05, 0) is 64.2 Å². The number of phosphoric acid groups is 1. The number of allylic oxidation sites excluding steroid dienone is 12. The lowest BCUT2D eigenvalue weighted by molar-refractivity contribution is -0.870. The summed E-state index contributed by atoms with van der Waals surface area (Å²) in [5.41, 5.74) is 0. The molecule has 8 nitrogen and oxygen atoms in total. The Balaban J connectivity index is 4.23. The van der Waals surface area contributed by atoms with E-state index in [1.807, 2.05) is 21.1 Å². The van der Waals surface area contributed by atoms with Crippen LogP contribution in [0.2, 0.25) is 0 Å². The van der Waals surface area contributed by atoms with Gasteiger partial charge in [0, 0.05) is 6.42 Å². The average Bonchev–Trinajstić information content (AvgIpc) is 3.12. The number of carbonyl (C=O) groups excluding carboxylic acids is 1. The minimum atomic E-state index is -4.31. The molecule has 0 spiro atoms. The molecular formula is C45H82N2O6P+. The van der Waals surface area contributed by atoms with Crippen molar-refractivity contribution in [2.24, 2.45) is 0 Å². The van der Waals surface area contributed by atoms with Gasteiger partial charge in [0.15, 0.2) is 0 Å². The van der Waals surface area contributed by atoms with Crippen LogP contribution in [0.1, 0.15) is 155 Å². The van der Waals surface area contributed by atoms with E-state index in [1.54, 1.807) is 0 Å². The van der Waals surface area contributed by atoms with Crippen LogP contribution in [-0.2, 0) is 18.4 Å². The van der Waals surface area contributed by atoms with Crippen LogP contribution in [-0.4, -0.2) is 73.4 Å². The number of rotatable bonds is 37. The fourth-order valence-electron chi connectivity index (χ4n) is 5.58. The minimum absolute atomic E-state index is 0.0669. The standard InChI is InChI=1S/C45H81N2O6P/c1-6-8-10-12-14-15-16-17-18-19-20-21-22-23-24-25-26-27-28-29-30-31-33-35-37-39-45(49)46-43(44(48)38-36-34-32-13-11-9-7-2)42-53-54(50,51)52-41-40-47(3,4)5/h8,10,14-15,17-18,20-21,23-24,26-27,43-44,48H,6-7,9,11-13,16,19,22,25,28-42H2,1-5H3,(H-,46,49,50,51)/p+1/b10-8-,15-14-,18-17-,21-20-,24-23-,27-26-. The van der Waals surface area contributed by atoms with Gasteiger partial charge in [-0.1, -0.05) is 157 Å². The maximum absolute atomic E-state index is 12.8. The van der Waals surface area contributed by atoms with Crippen LogP contribution in [0.15, 0.2) is 72.9 Å². The third kappa shape index (κ3) is 38.2. The number of phosphoric ester groups is 1. The minimum Gasteiger partial charge on any atom is -0.391 e. The van der Waals surface area contributed by atoms with Gasteiger partial charge in [-0.3, -0.25) is 13.8 Å². The topological polar surface area (TPSA) is 105 Å². The normalized spacial score (nSPS) is 15.2. The summed E-state index contributed by atoms with van der Waals surface area (Å²) in [6.07, 6.45) is 48.0. The molecule has 0 aromatic rings. The Labute approximate surface area is 332 Å². The number of aliphatic hydroxyl groups is 1. The highest BCUT2D eigenvalue weighted by Crippen LogP contribution is 2.43. The van der Waals surface area contributed by atoms with Gasteiger partial charge >= 0.3 is 7.82 Å². The summed E-state index contributed by atoms with van der Waals surface area (Å²) in [6.45, 7) is 4.68. The van der Waals surface area contributed by atoms with Gasteiger partial charge in [0.25, 0.3) is 0 Å². The molecule has 0 aromatic heterocycles. The third-order valence-corrected chi connectivity index (χ3v) is 9.95. The van der Waals surface area contributed by atoms with E-state index in [2.05, 4.69) is 92.1 Å². The van der Waals surface area contributed by atoms with Crippen LogP contribution in [0.25, 0.3) is 0 Å². The summed E-state index contributed by atoms with van der Waals surface area (Å²) in [5, 5.41) is 13.8. The summed E-state index contributed by atoms with van der Waals surface area (Å²) in [5.74, 6) is -0.168. The van der Waals surface area contributed by atoms with Crippen LogP contribution < -0.4 is 5.32 Å². The summed E-state index contributed by atoms with van der Waals surface area (Å²) in [6, 6.07) is -0.769. The van der Waals surface area contributed by atoms with Crippen molar-refractivity contribution < 1.29 is 32.9 Å². The van der Waals surface area contributed by atoms with E-state index in [-0.39, 0.29) is 19.1 Å². The molecule has 54 heavy (non-hydrogen) atoms. The zero-order valence-electron chi connectivity index (χ0n) is 35.2. The van der Waals surface area contributed by atoms with Gasteiger partial charge in [0.05, 0.1) is 39.9 Å². The van der Waals surface area contributed by atoms with Gasteiger partial charge < -0.3 is 19.8 Å². The molecule has 9 heteroatoms. The fourth-order valence-corrected chi connectivity index (χ4v) is 6.31.